The van der Waals surface area contributed by atoms with E-state index in [1.54, 1.807) is 79.6 Å². The van der Waals surface area contributed by atoms with Crippen LogP contribution in [-0.2, 0) is 7.05 Å². The standard InChI is InChI=1S/C31H25ClN8O2/c1-18-27(31(42)40(39(18)2)24-8-4-7-22(32)16-24)30(41)36-23-11-9-19(10-12-23)28-29(33)34-17-26(37-28)21-6-3-5-20(15-21)25-13-14-35-38-25/h3-17H,1-2H3,(H2,33,34)(H,35,38)(H,36,41). The Labute approximate surface area is 245 Å². The van der Waals surface area contributed by atoms with Gasteiger partial charge in [-0.25, -0.2) is 14.6 Å². The Morgan fingerprint density at radius 2 is 1.69 bits per heavy atom. The van der Waals surface area contributed by atoms with Crippen molar-refractivity contribution in [3.63, 3.8) is 0 Å². The van der Waals surface area contributed by atoms with Crippen LogP contribution in [0.15, 0.2) is 96.1 Å². The number of nitrogens with one attached hydrogen (secondary N) is 2. The number of nitrogen functional groups attached to an aromatic ring is 1. The van der Waals surface area contributed by atoms with Crippen molar-refractivity contribution in [2.45, 2.75) is 6.92 Å². The summed E-state index contributed by atoms with van der Waals surface area (Å²) in [7, 11) is 1.72. The van der Waals surface area contributed by atoms with Crippen LogP contribution in [0.25, 0.3) is 39.5 Å². The van der Waals surface area contributed by atoms with Crippen LogP contribution < -0.4 is 16.6 Å². The molecule has 3 aromatic carbocycles. The molecule has 0 aliphatic carbocycles. The summed E-state index contributed by atoms with van der Waals surface area (Å²) in [4.78, 5) is 35.7. The largest absolute Gasteiger partial charge is 0.382 e. The minimum atomic E-state index is -0.514. The molecule has 6 rings (SSSR count). The molecule has 11 heteroatoms. The molecular formula is C31H25ClN8O2. The van der Waals surface area contributed by atoms with Crippen molar-refractivity contribution in [3.05, 3.63) is 118 Å². The lowest BCUT2D eigenvalue weighted by molar-refractivity contribution is 0.102. The second kappa shape index (κ2) is 10.8. The number of nitrogens with zero attached hydrogens (tertiary/aromatic N) is 5. The van der Waals surface area contributed by atoms with E-state index in [2.05, 4.69) is 20.5 Å². The molecule has 0 spiro atoms. The summed E-state index contributed by atoms with van der Waals surface area (Å²) < 4.78 is 3.04. The molecular weight excluding hydrogens is 552 g/mol. The number of aromatic nitrogens is 6. The zero-order chi connectivity index (χ0) is 29.4. The van der Waals surface area contributed by atoms with Crippen molar-refractivity contribution < 1.29 is 4.79 Å². The molecule has 6 aromatic rings. The molecule has 4 N–H and O–H groups in total. The van der Waals surface area contributed by atoms with E-state index in [0.717, 1.165) is 22.4 Å². The SMILES string of the molecule is Cc1c(C(=O)Nc2ccc(-c3nc(-c4cccc(-c5cc[nH]n5)c4)cnc3N)cc2)c(=O)n(-c2cccc(Cl)c2)n1C. The first-order valence-electron chi connectivity index (χ1n) is 13.0. The highest BCUT2D eigenvalue weighted by Gasteiger charge is 2.22. The number of nitrogens with two attached hydrogens (primary N) is 1. The van der Waals surface area contributed by atoms with Crippen LogP contribution >= 0.6 is 11.6 Å². The van der Waals surface area contributed by atoms with E-state index in [9.17, 15) is 9.59 Å². The lowest BCUT2D eigenvalue weighted by Crippen LogP contribution is -2.25. The number of amides is 1. The molecule has 0 atom stereocenters. The molecule has 0 radical (unpaired) electrons. The Kier molecular flexibility index (Phi) is 6.89. The van der Waals surface area contributed by atoms with Gasteiger partial charge in [0.05, 0.1) is 29.0 Å². The summed E-state index contributed by atoms with van der Waals surface area (Å²) in [6.07, 6.45) is 3.41. The van der Waals surface area contributed by atoms with Crippen LogP contribution in [0.1, 0.15) is 16.1 Å². The van der Waals surface area contributed by atoms with Gasteiger partial charge in [-0.3, -0.25) is 19.4 Å². The highest BCUT2D eigenvalue weighted by Crippen LogP contribution is 2.29. The first-order chi connectivity index (χ1) is 20.3. The third kappa shape index (κ3) is 4.95. The summed E-state index contributed by atoms with van der Waals surface area (Å²) >= 11 is 6.12. The molecule has 208 valence electrons. The Bertz CT molecular complexity index is 1990. The van der Waals surface area contributed by atoms with Gasteiger partial charge in [0.15, 0.2) is 0 Å². The summed E-state index contributed by atoms with van der Waals surface area (Å²) in [6, 6.07) is 23.7. The molecule has 42 heavy (non-hydrogen) atoms. The van der Waals surface area contributed by atoms with Crippen LogP contribution in [0.3, 0.4) is 0 Å². The lowest BCUT2D eigenvalue weighted by atomic mass is 10.1. The van der Waals surface area contributed by atoms with Crippen molar-refractivity contribution in [2.24, 2.45) is 7.05 Å². The van der Waals surface area contributed by atoms with Crippen molar-refractivity contribution >= 4 is 29.0 Å². The third-order valence-corrected chi connectivity index (χ3v) is 7.24. The molecule has 0 saturated heterocycles. The second-order valence-corrected chi connectivity index (χ2v) is 10.1. The summed E-state index contributed by atoms with van der Waals surface area (Å²) in [5.41, 5.74) is 11.9. The van der Waals surface area contributed by atoms with Gasteiger partial charge in [-0.2, -0.15) is 5.10 Å². The van der Waals surface area contributed by atoms with E-state index < -0.39 is 11.5 Å². The highest BCUT2D eigenvalue weighted by molar-refractivity contribution is 6.30. The van der Waals surface area contributed by atoms with Crippen LogP contribution in [0.5, 0.6) is 0 Å². The van der Waals surface area contributed by atoms with Gasteiger partial charge in [-0.05, 0) is 49.4 Å². The quantitative estimate of drug-likeness (QED) is 0.240. The van der Waals surface area contributed by atoms with Crippen molar-refractivity contribution in [1.29, 1.82) is 0 Å². The van der Waals surface area contributed by atoms with Gasteiger partial charge >= 0.3 is 0 Å². The number of rotatable bonds is 6. The van der Waals surface area contributed by atoms with Crippen molar-refractivity contribution in [2.75, 3.05) is 11.1 Å². The molecule has 3 aromatic heterocycles. The third-order valence-electron chi connectivity index (χ3n) is 7.01. The summed E-state index contributed by atoms with van der Waals surface area (Å²) in [5, 5.41) is 10.4. The Balaban J connectivity index is 1.25. The van der Waals surface area contributed by atoms with Crippen LogP contribution in [0, 0.1) is 6.92 Å². The zero-order valence-electron chi connectivity index (χ0n) is 22.7. The summed E-state index contributed by atoms with van der Waals surface area (Å²) in [6.45, 7) is 1.72. The van der Waals surface area contributed by atoms with Gasteiger partial charge in [0, 0.05) is 40.6 Å². The topological polar surface area (TPSA) is 137 Å². The van der Waals surface area contributed by atoms with E-state index in [-0.39, 0.29) is 11.4 Å². The molecule has 10 nitrogen and oxygen atoms in total. The number of hydrogen-bond donors (Lipinski definition) is 3. The number of halogens is 1. The maximum atomic E-state index is 13.3. The maximum absolute atomic E-state index is 13.3. The number of hydrogen-bond acceptors (Lipinski definition) is 6. The monoisotopic (exact) mass is 576 g/mol. The molecule has 0 saturated carbocycles. The van der Waals surface area contributed by atoms with Gasteiger partial charge in [0.25, 0.3) is 11.5 Å². The molecule has 1 amide bonds. The van der Waals surface area contributed by atoms with Gasteiger partial charge in [-0.1, -0.05) is 48.0 Å². The van der Waals surface area contributed by atoms with Gasteiger partial charge in [0.1, 0.15) is 17.1 Å². The highest BCUT2D eigenvalue weighted by atomic mass is 35.5. The number of carbonyl (C=O) groups is 1. The Morgan fingerprint density at radius 3 is 2.40 bits per heavy atom. The van der Waals surface area contributed by atoms with Crippen molar-refractivity contribution in [1.82, 2.24) is 29.5 Å². The van der Waals surface area contributed by atoms with E-state index in [0.29, 0.717) is 33.5 Å². The Hall–Kier alpha value is -5.48. The lowest BCUT2D eigenvalue weighted by Gasteiger charge is -2.10. The molecule has 0 unspecified atom stereocenters. The van der Waals surface area contributed by atoms with Crippen LogP contribution in [0.2, 0.25) is 5.02 Å². The van der Waals surface area contributed by atoms with Gasteiger partial charge in [0.2, 0.25) is 0 Å². The van der Waals surface area contributed by atoms with Gasteiger partial charge in [-0.15, -0.1) is 0 Å². The number of anilines is 2. The number of benzene rings is 3. The fourth-order valence-electron chi connectivity index (χ4n) is 4.78. The van der Waals surface area contributed by atoms with Crippen LogP contribution in [-0.4, -0.2) is 35.4 Å². The van der Waals surface area contributed by atoms with E-state index in [1.165, 1.54) is 4.68 Å². The fraction of sp³-hybridized carbons (Fsp3) is 0.0645. The number of carbonyl (C=O) groups excluding carboxylic acids is 1. The summed E-state index contributed by atoms with van der Waals surface area (Å²) in [5.74, 6) is -0.236. The van der Waals surface area contributed by atoms with E-state index in [4.69, 9.17) is 22.3 Å². The number of aromatic amines is 1. The van der Waals surface area contributed by atoms with E-state index >= 15 is 0 Å². The molecule has 0 bridgehead atoms. The smallest absolute Gasteiger partial charge is 0.284 e. The molecule has 0 aliphatic rings. The Morgan fingerprint density at radius 1 is 0.952 bits per heavy atom. The average molecular weight is 577 g/mol. The first kappa shape index (κ1) is 26.7. The minimum absolute atomic E-state index is 0.0430. The fourth-order valence-corrected chi connectivity index (χ4v) is 4.97. The van der Waals surface area contributed by atoms with Crippen molar-refractivity contribution in [3.8, 4) is 39.5 Å². The normalized spacial score (nSPS) is 11.0. The maximum Gasteiger partial charge on any atom is 0.284 e. The molecule has 0 aliphatic heterocycles. The molecule has 3 heterocycles. The van der Waals surface area contributed by atoms with E-state index in [1.807, 2.05) is 30.3 Å². The first-order valence-corrected chi connectivity index (χ1v) is 13.4. The second-order valence-electron chi connectivity index (χ2n) is 9.64. The molecule has 0 fully saturated rings. The number of H-pyrrole nitrogens is 1. The van der Waals surface area contributed by atoms with Gasteiger partial charge < -0.3 is 11.1 Å². The average Bonchev–Trinajstić information content (AvgIpc) is 3.60. The predicted molar refractivity (Wildman–Crippen MR) is 164 cm³/mol. The zero-order valence-corrected chi connectivity index (χ0v) is 23.4. The predicted octanol–water partition coefficient (Wildman–Crippen LogP) is 5.49. The van der Waals surface area contributed by atoms with Crippen LogP contribution in [0.4, 0.5) is 11.5 Å². The minimum Gasteiger partial charge on any atom is -0.382 e.